The second-order valence-corrected chi connectivity index (χ2v) is 10.9. The highest BCUT2D eigenvalue weighted by atomic mass is 28.4. The van der Waals surface area contributed by atoms with E-state index in [-0.39, 0.29) is 10.9 Å². The number of rotatable bonds is 3. The summed E-state index contributed by atoms with van der Waals surface area (Å²) in [5, 5.41) is 0.210. The highest BCUT2D eigenvalue weighted by Crippen LogP contribution is 2.36. The second-order valence-electron chi connectivity index (χ2n) is 6.13. The van der Waals surface area contributed by atoms with E-state index >= 15 is 0 Å². The van der Waals surface area contributed by atoms with E-state index in [0.29, 0.717) is 12.1 Å². The first-order valence-corrected chi connectivity index (χ1v) is 8.93. The minimum absolute atomic E-state index is 0.152. The van der Waals surface area contributed by atoms with Gasteiger partial charge in [0.2, 0.25) is 0 Å². The van der Waals surface area contributed by atoms with Crippen molar-refractivity contribution in [3.63, 3.8) is 0 Å². The lowest BCUT2D eigenvalue weighted by atomic mass is 9.94. The van der Waals surface area contributed by atoms with Gasteiger partial charge in [-0.15, -0.1) is 0 Å². The molecule has 0 fully saturated rings. The van der Waals surface area contributed by atoms with Crippen molar-refractivity contribution in [2.24, 2.45) is 0 Å². The predicted molar refractivity (Wildman–Crippen MR) is 76.6 cm³/mol. The summed E-state index contributed by atoms with van der Waals surface area (Å²) in [6.45, 7) is 11.7. The van der Waals surface area contributed by atoms with E-state index in [9.17, 15) is 4.39 Å². The summed E-state index contributed by atoms with van der Waals surface area (Å²) in [4.78, 5) is 0. The Morgan fingerprint density at radius 1 is 1.29 bits per heavy atom. The topological polar surface area (TPSA) is 9.23 Å². The Bertz CT molecular complexity index is 399. The molecule has 0 bridgehead atoms. The molecule has 0 spiro atoms. The van der Waals surface area contributed by atoms with Gasteiger partial charge >= 0.3 is 0 Å². The van der Waals surface area contributed by atoms with Crippen molar-refractivity contribution in [1.29, 1.82) is 0 Å². The van der Waals surface area contributed by atoms with Crippen LogP contribution < -0.4 is 5.46 Å². The number of hydrogen-bond acceptors (Lipinski definition) is 1. The monoisotopic (exact) mass is 252 g/mol. The molecule has 4 heteroatoms. The SMILES string of the molecule is Bc1cc(CO[Si](C)(C)C(C)(C)C)ccc1F. The molecule has 1 rings (SSSR count). The highest BCUT2D eigenvalue weighted by molar-refractivity contribution is 6.74. The molecule has 0 unspecified atom stereocenters. The van der Waals surface area contributed by atoms with E-state index < -0.39 is 8.32 Å². The van der Waals surface area contributed by atoms with Crippen LogP contribution in [0.4, 0.5) is 4.39 Å². The Morgan fingerprint density at radius 3 is 2.35 bits per heavy atom. The number of halogens is 1. The molecule has 0 aliphatic carbocycles. The van der Waals surface area contributed by atoms with Crippen molar-refractivity contribution in [3.05, 3.63) is 29.6 Å². The van der Waals surface area contributed by atoms with Gasteiger partial charge in [0.05, 0.1) is 6.61 Å². The standard InChI is InChI=1S/C13H22BFOSi/c1-13(2,3)17(4,5)16-9-10-6-7-12(15)11(14)8-10/h6-8H,9,14H2,1-5H3. The largest absolute Gasteiger partial charge is 0.413 e. The molecule has 1 nitrogen and oxygen atoms in total. The van der Waals surface area contributed by atoms with Crippen molar-refractivity contribution in [3.8, 4) is 0 Å². The molecular formula is C13H22BFOSi. The average Bonchev–Trinajstić information content (AvgIpc) is 2.18. The summed E-state index contributed by atoms with van der Waals surface area (Å²) >= 11 is 0. The minimum atomic E-state index is -1.71. The van der Waals surface area contributed by atoms with Crippen LogP contribution in [0.3, 0.4) is 0 Å². The lowest BCUT2D eigenvalue weighted by Crippen LogP contribution is -2.40. The lowest BCUT2D eigenvalue weighted by molar-refractivity contribution is 0.276. The highest BCUT2D eigenvalue weighted by Gasteiger charge is 2.36. The van der Waals surface area contributed by atoms with Crippen molar-refractivity contribution in [2.75, 3.05) is 0 Å². The first-order chi connectivity index (χ1) is 7.63. The second kappa shape index (κ2) is 4.94. The van der Waals surface area contributed by atoms with Gasteiger partial charge in [-0.3, -0.25) is 0 Å². The molecule has 0 saturated heterocycles. The van der Waals surface area contributed by atoms with Crippen LogP contribution in [0.2, 0.25) is 18.1 Å². The van der Waals surface area contributed by atoms with Crippen LogP contribution in [0.25, 0.3) is 0 Å². The van der Waals surface area contributed by atoms with Crippen LogP contribution in [-0.2, 0) is 11.0 Å². The maximum atomic E-state index is 13.1. The molecule has 0 saturated carbocycles. The molecule has 0 aromatic heterocycles. The van der Waals surface area contributed by atoms with Crippen LogP contribution in [0.1, 0.15) is 26.3 Å². The predicted octanol–water partition coefficient (Wildman–Crippen LogP) is 2.61. The van der Waals surface area contributed by atoms with Gasteiger partial charge in [-0.25, -0.2) is 4.39 Å². The number of hydrogen-bond donors (Lipinski definition) is 0. The molecule has 0 aliphatic heterocycles. The summed E-state index contributed by atoms with van der Waals surface area (Å²) in [6, 6.07) is 5.18. The van der Waals surface area contributed by atoms with Crippen LogP contribution in [0.5, 0.6) is 0 Å². The van der Waals surface area contributed by atoms with Crippen molar-refractivity contribution in [2.45, 2.75) is 45.5 Å². The summed E-state index contributed by atoms with van der Waals surface area (Å²) in [5.74, 6) is -0.152. The van der Waals surface area contributed by atoms with Crippen molar-refractivity contribution < 1.29 is 8.82 Å². The Labute approximate surface area is 106 Å². The van der Waals surface area contributed by atoms with Gasteiger partial charge in [-0.2, -0.15) is 0 Å². The zero-order chi connectivity index (χ0) is 13.3. The smallest absolute Gasteiger partial charge is 0.192 e. The van der Waals surface area contributed by atoms with Gasteiger partial charge in [-0.05, 0) is 29.8 Å². The van der Waals surface area contributed by atoms with E-state index in [1.807, 2.05) is 6.07 Å². The number of benzene rings is 1. The summed E-state index contributed by atoms with van der Waals surface area (Å²) in [7, 11) is 0.0705. The molecule has 0 atom stereocenters. The summed E-state index contributed by atoms with van der Waals surface area (Å²) < 4.78 is 19.2. The molecule has 0 heterocycles. The third kappa shape index (κ3) is 3.68. The van der Waals surface area contributed by atoms with E-state index in [0.717, 1.165) is 5.56 Å². The normalized spacial score (nSPS) is 12.8. The van der Waals surface area contributed by atoms with Crippen LogP contribution in [0.15, 0.2) is 18.2 Å². The Hall–Kier alpha value is -0.608. The third-order valence-corrected chi connectivity index (χ3v) is 8.11. The van der Waals surface area contributed by atoms with Crippen LogP contribution in [-0.4, -0.2) is 16.2 Å². The summed E-state index contributed by atoms with van der Waals surface area (Å²) in [6.07, 6.45) is 0. The van der Waals surface area contributed by atoms with Crippen molar-refractivity contribution in [1.82, 2.24) is 0 Å². The minimum Gasteiger partial charge on any atom is -0.413 e. The molecule has 1 aromatic rings. The molecular weight excluding hydrogens is 230 g/mol. The molecule has 0 amide bonds. The van der Waals surface area contributed by atoms with Gasteiger partial charge < -0.3 is 4.43 Å². The fourth-order valence-corrected chi connectivity index (χ4v) is 2.24. The Morgan fingerprint density at radius 2 is 1.88 bits per heavy atom. The van der Waals surface area contributed by atoms with Gasteiger partial charge in [0, 0.05) is 0 Å². The Kier molecular flexibility index (Phi) is 4.20. The first-order valence-electron chi connectivity index (χ1n) is 6.02. The van der Waals surface area contributed by atoms with E-state index in [1.165, 1.54) is 6.07 Å². The van der Waals surface area contributed by atoms with Gasteiger partial charge in [0.25, 0.3) is 0 Å². The zero-order valence-electron chi connectivity index (χ0n) is 11.7. The van der Waals surface area contributed by atoms with Crippen LogP contribution >= 0.6 is 0 Å². The zero-order valence-corrected chi connectivity index (χ0v) is 12.7. The van der Waals surface area contributed by atoms with E-state index in [4.69, 9.17) is 4.43 Å². The molecule has 0 aliphatic rings. The maximum Gasteiger partial charge on any atom is 0.192 e. The molecule has 0 radical (unpaired) electrons. The first kappa shape index (κ1) is 14.5. The molecule has 17 heavy (non-hydrogen) atoms. The fourth-order valence-electron chi connectivity index (χ4n) is 1.28. The van der Waals surface area contributed by atoms with Crippen LogP contribution in [0, 0.1) is 5.82 Å². The van der Waals surface area contributed by atoms with Gasteiger partial charge in [0.1, 0.15) is 13.7 Å². The summed E-state index contributed by atoms with van der Waals surface area (Å²) in [5.41, 5.74) is 1.73. The van der Waals surface area contributed by atoms with Gasteiger partial charge in [-0.1, -0.05) is 38.4 Å². The molecule has 1 aromatic carbocycles. The molecule has 94 valence electrons. The lowest BCUT2D eigenvalue weighted by Gasteiger charge is -2.36. The van der Waals surface area contributed by atoms with Crippen molar-refractivity contribution >= 4 is 21.6 Å². The fraction of sp³-hybridized carbons (Fsp3) is 0.538. The van der Waals surface area contributed by atoms with E-state index in [2.05, 4.69) is 33.9 Å². The quantitative estimate of drug-likeness (QED) is 0.751. The Balaban J connectivity index is 2.71. The third-order valence-electron chi connectivity index (χ3n) is 3.63. The van der Waals surface area contributed by atoms with Gasteiger partial charge in [0.15, 0.2) is 8.32 Å². The maximum absolute atomic E-state index is 13.1. The molecule has 0 N–H and O–H groups in total. The average molecular weight is 252 g/mol. The van der Waals surface area contributed by atoms with E-state index in [1.54, 1.807) is 13.9 Å².